The second kappa shape index (κ2) is 6.28. The fraction of sp³-hybridized carbons (Fsp3) is 0.400. The Bertz CT molecular complexity index is 509. The highest BCUT2D eigenvalue weighted by Crippen LogP contribution is 2.23. The van der Waals surface area contributed by atoms with Crippen molar-refractivity contribution < 1.29 is 0 Å². The Labute approximate surface area is 118 Å². The minimum atomic E-state index is 0.860. The molecule has 2 aromatic heterocycles. The molecule has 0 amide bonds. The Kier molecular flexibility index (Phi) is 4.23. The highest BCUT2D eigenvalue weighted by atomic mass is 32.1. The van der Waals surface area contributed by atoms with Crippen LogP contribution in [0.1, 0.15) is 16.1 Å². The zero-order valence-electron chi connectivity index (χ0n) is 11.0. The van der Waals surface area contributed by atoms with Gasteiger partial charge in [0.25, 0.3) is 0 Å². The van der Waals surface area contributed by atoms with Gasteiger partial charge in [0.15, 0.2) is 0 Å². The number of thiophene rings is 1. The topological polar surface area (TPSA) is 28.2 Å². The van der Waals surface area contributed by atoms with Crippen LogP contribution >= 0.6 is 11.3 Å². The summed E-state index contributed by atoms with van der Waals surface area (Å²) >= 11 is 1.90. The molecule has 1 aliphatic rings. The first-order valence-electron chi connectivity index (χ1n) is 6.80. The predicted molar refractivity (Wildman–Crippen MR) is 79.2 cm³/mol. The third-order valence-electron chi connectivity index (χ3n) is 3.52. The van der Waals surface area contributed by atoms with Gasteiger partial charge in [0.2, 0.25) is 0 Å². The van der Waals surface area contributed by atoms with Gasteiger partial charge < -0.3 is 5.32 Å². The molecule has 1 aliphatic heterocycles. The van der Waals surface area contributed by atoms with Crippen molar-refractivity contribution >= 4 is 11.3 Å². The summed E-state index contributed by atoms with van der Waals surface area (Å²) in [5.74, 6) is 0. The lowest BCUT2D eigenvalue weighted by molar-refractivity contribution is 0.255. The summed E-state index contributed by atoms with van der Waals surface area (Å²) < 4.78 is 0. The molecule has 1 N–H and O–H groups in total. The van der Waals surface area contributed by atoms with Gasteiger partial charge in [-0.25, -0.2) is 0 Å². The molecule has 0 bridgehead atoms. The van der Waals surface area contributed by atoms with Gasteiger partial charge in [0.1, 0.15) is 0 Å². The van der Waals surface area contributed by atoms with E-state index in [1.807, 2.05) is 29.7 Å². The minimum Gasteiger partial charge on any atom is -0.310 e. The van der Waals surface area contributed by atoms with E-state index < -0.39 is 0 Å². The van der Waals surface area contributed by atoms with E-state index in [0.29, 0.717) is 0 Å². The summed E-state index contributed by atoms with van der Waals surface area (Å²) in [6.45, 7) is 5.30. The maximum Gasteiger partial charge on any atom is 0.0541 e. The SMILES string of the molecule is c1ccc(CNCCN2CCc3sccc3C2)nc1. The summed E-state index contributed by atoms with van der Waals surface area (Å²) in [5, 5.41) is 5.68. The molecule has 0 aliphatic carbocycles. The summed E-state index contributed by atoms with van der Waals surface area (Å²) in [6.07, 6.45) is 3.06. The van der Waals surface area contributed by atoms with Crippen molar-refractivity contribution in [2.24, 2.45) is 0 Å². The van der Waals surface area contributed by atoms with Crippen molar-refractivity contribution in [3.05, 3.63) is 52.0 Å². The maximum atomic E-state index is 4.31. The molecule has 3 nitrogen and oxygen atoms in total. The molecule has 2 aromatic rings. The molecule has 3 rings (SSSR count). The normalized spacial score (nSPS) is 15.4. The number of pyridine rings is 1. The number of hydrogen-bond donors (Lipinski definition) is 1. The number of hydrogen-bond acceptors (Lipinski definition) is 4. The summed E-state index contributed by atoms with van der Waals surface area (Å²) in [4.78, 5) is 8.42. The summed E-state index contributed by atoms with van der Waals surface area (Å²) in [6, 6.07) is 8.32. The Morgan fingerprint density at radius 2 is 2.32 bits per heavy atom. The van der Waals surface area contributed by atoms with Crippen LogP contribution in [-0.4, -0.2) is 29.5 Å². The molecule has 0 fully saturated rings. The lowest BCUT2D eigenvalue weighted by Gasteiger charge is -2.26. The zero-order valence-corrected chi connectivity index (χ0v) is 11.8. The van der Waals surface area contributed by atoms with Crippen molar-refractivity contribution in [3.8, 4) is 0 Å². The van der Waals surface area contributed by atoms with E-state index in [9.17, 15) is 0 Å². The smallest absolute Gasteiger partial charge is 0.0541 e. The van der Waals surface area contributed by atoms with Gasteiger partial charge in [-0.15, -0.1) is 11.3 Å². The van der Waals surface area contributed by atoms with Gasteiger partial charge in [0, 0.05) is 43.8 Å². The maximum absolute atomic E-state index is 4.31. The van der Waals surface area contributed by atoms with Crippen LogP contribution in [0.25, 0.3) is 0 Å². The molecule has 4 heteroatoms. The van der Waals surface area contributed by atoms with E-state index in [2.05, 4.69) is 32.7 Å². The van der Waals surface area contributed by atoms with Crippen molar-refractivity contribution in [1.29, 1.82) is 0 Å². The first-order valence-corrected chi connectivity index (χ1v) is 7.68. The Morgan fingerprint density at radius 1 is 1.32 bits per heavy atom. The number of nitrogens with one attached hydrogen (secondary N) is 1. The quantitative estimate of drug-likeness (QED) is 0.847. The summed E-state index contributed by atoms with van der Waals surface area (Å²) in [5.41, 5.74) is 2.64. The van der Waals surface area contributed by atoms with E-state index in [4.69, 9.17) is 0 Å². The monoisotopic (exact) mass is 273 g/mol. The van der Waals surface area contributed by atoms with Gasteiger partial charge in [-0.2, -0.15) is 0 Å². The van der Waals surface area contributed by atoms with Crippen molar-refractivity contribution in [1.82, 2.24) is 15.2 Å². The third-order valence-corrected chi connectivity index (χ3v) is 4.55. The van der Waals surface area contributed by atoms with E-state index in [0.717, 1.165) is 31.9 Å². The molecule has 100 valence electrons. The number of aromatic nitrogens is 1. The van der Waals surface area contributed by atoms with Crippen LogP contribution in [-0.2, 0) is 19.5 Å². The highest BCUT2D eigenvalue weighted by Gasteiger charge is 2.16. The van der Waals surface area contributed by atoms with Crippen LogP contribution in [0.2, 0.25) is 0 Å². The first-order chi connectivity index (χ1) is 9.42. The van der Waals surface area contributed by atoms with E-state index in [-0.39, 0.29) is 0 Å². The molecule has 0 aromatic carbocycles. The van der Waals surface area contributed by atoms with Crippen molar-refractivity contribution in [2.45, 2.75) is 19.5 Å². The summed E-state index contributed by atoms with van der Waals surface area (Å²) in [7, 11) is 0. The van der Waals surface area contributed by atoms with Crippen LogP contribution in [0, 0.1) is 0 Å². The standard InChI is InChI=1S/C15H19N3S/c1-2-6-17-14(3-1)11-16-7-9-18-8-4-15-13(12-18)5-10-19-15/h1-3,5-6,10,16H,4,7-9,11-12H2. The largest absolute Gasteiger partial charge is 0.310 e. The molecule has 0 saturated carbocycles. The van der Waals surface area contributed by atoms with Crippen LogP contribution in [0.15, 0.2) is 35.8 Å². The van der Waals surface area contributed by atoms with Gasteiger partial charge in [-0.05, 0) is 35.6 Å². The van der Waals surface area contributed by atoms with Gasteiger partial charge in [-0.3, -0.25) is 9.88 Å². The van der Waals surface area contributed by atoms with Crippen LogP contribution in [0.3, 0.4) is 0 Å². The van der Waals surface area contributed by atoms with E-state index >= 15 is 0 Å². The van der Waals surface area contributed by atoms with Gasteiger partial charge >= 0.3 is 0 Å². The number of rotatable bonds is 5. The van der Waals surface area contributed by atoms with E-state index in [1.54, 1.807) is 4.88 Å². The van der Waals surface area contributed by atoms with Crippen LogP contribution < -0.4 is 5.32 Å². The van der Waals surface area contributed by atoms with E-state index in [1.165, 1.54) is 18.5 Å². The highest BCUT2D eigenvalue weighted by molar-refractivity contribution is 7.10. The minimum absolute atomic E-state index is 0.860. The Morgan fingerprint density at radius 3 is 3.21 bits per heavy atom. The molecule has 0 spiro atoms. The van der Waals surface area contributed by atoms with Gasteiger partial charge in [0.05, 0.1) is 5.69 Å². The lowest BCUT2D eigenvalue weighted by Crippen LogP contribution is -2.35. The molecule has 0 atom stereocenters. The Hall–Kier alpha value is -1.23. The van der Waals surface area contributed by atoms with Crippen molar-refractivity contribution in [3.63, 3.8) is 0 Å². The molecule has 0 radical (unpaired) electrons. The third kappa shape index (κ3) is 3.41. The fourth-order valence-electron chi connectivity index (χ4n) is 2.45. The fourth-order valence-corrected chi connectivity index (χ4v) is 3.34. The number of fused-ring (bicyclic) bond motifs is 1. The molecular weight excluding hydrogens is 254 g/mol. The average Bonchev–Trinajstić information content (AvgIpc) is 2.92. The molecule has 0 unspecified atom stereocenters. The zero-order chi connectivity index (χ0) is 12.9. The van der Waals surface area contributed by atoms with Crippen LogP contribution in [0.5, 0.6) is 0 Å². The second-order valence-corrected chi connectivity index (χ2v) is 5.89. The second-order valence-electron chi connectivity index (χ2n) is 4.89. The first kappa shape index (κ1) is 12.8. The number of nitrogens with zero attached hydrogens (tertiary/aromatic N) is 2. The molecule has 19 heavy (non-hydrogen) atoms. The van der Waals surface area contributed by atoms with Gasteiger partial charge in [-0.1, -0.05) is 6.07 Å². The lowest BCUT2D eigenvalue weighted by atomic mass is 10.1. The molecule has 3 heterocycles. The molecular formula is C15H19N3S. The average molecular weight is 273 g/mol. The predicted octanol–water partition coefficient (Wildman–Crippen LogP) is 2.29. The molecule has 0 saturated heterocycles. The van der Waals surface area contributed by atoms with Crippen LogP contribution in [0.4, 0.5) is 0 Å². The van der Waals surface area contributed by atoms with Crippen molar-refractivity contribution in [2.75, 3.05) is 19.6 Å². The Balaban J connectivity index is 1.40.